The van der Waals surface area contributed by atoms with Crippen LogP contribution >= 0.6 is 24.4 Å². The molecule has 0 N–H and O–H groups in total. The van der Waals surface area contributed by atoms with Crippen LogP contribution in [0, 0.1) is 11.8 Å². The third-order valence-corrected chi connectivity index (χ3v) is 5.04. The minimum absolute atomic E-state index is 0.440. The monoisotopic (exact) mass is 294 g/mol. The number of hydrogen-bond acceptors (Lipinski definition) is 4. The summed E-state index contributed by atoms with van der Waals surface area (Å²) in [6, 6.07) is 0. The van der Waals surface area contributed by atoms with Gasteiger partial charge < -0.3 is 0 Å². The average molecular weight is 294 g/mol. The molecule has 0 heterocycles. The predicted octanol–water partition coefficient (Wildman–Crippen LogP) is 5.05. The summed E-state index contributed by atoms with van der Waals surface area (Å²) in [5.74, 6) is 0.963. The highest BCUT2D eigenvalue weighted by Crippen LogP contribution is 2.45. The third kappa shape index (κ3) is 3.38. The average Bonchev–Trinajstić information content (AvgIpc) is 2.49. The van der Waals surface area contributed by atoms with Gasteiger partial charge in [0.05, 0.1) is 10.3 Å². The van der Waals surface area contributed by atoms with Crippen LogP contribution in [0.25, 0.3) is 0 Å². The molecule has 0 aliphatic heterocycles. The second kappa shape index (κ2) is 7.40. The second-order valence-corrected chi connectivity index (χ2v) is 6.22. The summed E-state index contributed by atoms with van der Waals surface area (Å²) in [6.45, 7) is 0. The highest BCUT2D eigenvalue weighted by Gasteiger charge is 2.45. The van der Waals surface area contributed by atoms with Crippen molar-refractivity contribution in [1.29, 1.82) is 0 Å². The Balaban J connectivity index is 2.32. The van der Waals surface area contributed by atoms with E-state index < -0.39 is 5.66 Å². The summed E-state index contributed by atoms with van der Waals surface area (Å²) >= 11 is 9.83. The Morgan fingerprint density at radius 2 is 1.05 bits per heavy atom. The molecule has 4 heteroatoms. The van der Waals surface area contributed by atoms with Crippen molar-refractivity contribution in [3.63, 3.8) is 0 Å². The summed E-state index contributed by atoms with van der Waals surface area (Å²) in [7, 11) is 0. The lowest BCUT2D eigenvalue weighted by molar-refractivity contribution is 0.117. The molecular weight excluding hydrogens is 272 g/mol. The number of thiocarbonyl (C=S) groups is 2. The minimum atomic E-state index is -0.440. The van der Waals surface area contributed by atoms with Crippen LogP contribution in [-0.4, -0.2) is 16.0 Å². The fourth-order valence-corrected chi connectivity index (χ4v) is 4.22. The molecule has 0 spiro atoms. The molecule has 0 amide bonds. The normalized spacial score (nSPS) is 22.3. The Bertz CT molecular complexity index is 345. The van der Waals surface area contributed by atoms with Gasteiger partial charge in [0.25, 0.3) is 0 Å². The van der Waals surface area contributed by atoms with E-state index in [1.165, 1.54) is 64.2 Å². The third-order valence-electron chi connectivity index (χ3n) is 4.86. The van der Waals surface area contributed by atoms with Gasteiger partial charge in [-0.15, -0.1) is 0 Å². The molecule has 2 aliphatic carbocycles. The van der Waals surface area contributed by atoms with Gasteiger partial charge in [0.2, 0.25) is 0 Å². The molecule has 0 atom stereocenters. The molecule has 0 aromatic carbocycles. The van der Waals surface area contributed by atoms with Crippen molar-refractivity contribution in [3.8, 4) is 0 Å². The highest BCUT2D eigenvalue weighted by atomic mass is 32.1. The van der Waals surface area contributed by atoms with E-state index in [1.807, 2.05) is 0 Å². The van der Waals surface area contributed by atoms with E-state index in [9.17, 15) is 0 Å². The van der Waals surface area contributed by atoms with Crippen LogP contribution in [-0.2, 0) is 0 Å². The van der Waals surface area contributed by atoms with Crippen molar-refractivity contribution < 1.29 is 0 Å². The van der Waals surface area contributed by atoms with Crippen molar-refractivity contribution in [1.82, 2.24) is 0 Å². The summed E-state index contributed by atoms with van der Waals surface area (Å²) in [6.07, 6.45) is 12.5. The molecule has 0 unspecified atom stereocenters. The molecule has 0 radical (unpaired) electrons. The summed E-state index contributed by atoms with van der Waals surface area (Å²) < 4.78 is 0. The topological polar surface area (TPSA) is 24.7 Å². The minimum Gasteiger partial charge on any atom is -0.200 e. The fourth-order valence-electron chi connectivity index (χ4n) is 3.92. The summed E-state index contributed by atoms with van der Waals surface area (Å²) in [5, 5.41) is 5.23. The van der Waals surface area contributed by atoms with Crippen LogP contribution < -0.4 is 0 Å². The van der Waals surface area contributed by atoms with Crippen LogP contribution in [0.4, 0.5) is 0 Å². The largest absolute Gasteiger partial charge is 0.200 e. The molecule has 2 fully saturated rings. The van der Waals surface area contributed by atoms with E-state index in [0.29, 0.717) is 11.8 Å². The molecule has 2 nitrogen and oxygen atoms in total. The molecular formula is C15H22N2S2. The SMILES string of the molecule is S=C=NC(N=C=S)(C1CCCCC1)C1CCCCC1. The maximum atomic E-state index is 4.91. The van der Waals surface area contributed by atoms with Gasteiger partial charge >= 0.3 is 0 Å². The van der Waals surface area contributed by atoms with Crippen LogP contribution in [0.15, 0.2) is 9.98 Å². The second-order valence-electron chi connectivity index (χ2n) is 5.86. The van der Waals surface area contributed by atoms with E-state index in [4.69, 9.17) is 24.4 Å². The smallest absolute Gasteiger partial charge is 0.175 e. The van der Waals surface area contributed by atoms with Crippen LogP contribution in [0.3, 0.4) is 0 Å². The van der Waals surface area contributed by atoms with Crippen LogP contribution in [0.2, 0.25) is 0 Å². The molecule has 0 bridgehead atoms. The Labute approximate surface area is 126 Å². The Morgan fingerprint density at radius 3 is 1.37 bits per heavy atom. The van der Waals surface area contributed by atoms with Crippen LogP contribution in [0.5, 0.6) is 0 Å². The van der Waals surface area contributed by atoms with E-state index in [-0.39, 0.29) is 0 Å². The quantitative estimate of drug-likeness (QED) is 0.535. The number of nitrogens with zero attached hydrogens (tertiary/aromatic N) is 2. The van der Waals surface area contributed by atoms with E-state index in [1.54, 1.807) is 0 Å². The fraction of sp³-hybridized carbons (Fsp3) is 0.867. The molecule has 0 aromatic rings. The molecule has 0 aromatic heterocycles. The molecule has 2 aliphatic rings. The molecule has 2 saturated carbocycles. The van der Waals surface area contributed by atoms with Crippen molar-refractivity contribution in [2.45, 2.75) is 69.9 Å². The lowest BCUT2D eigenvalue weighted by atomic mass is 9.69. The maximum absolute atomic E-state index is 4.91. The number of hydrogen-bond donors (Lipinski definition) is 0. The van der Waals surface area contributed by atoms with Gasteiger partial charge in [0, 0.05) is 11.8 Å². The molecule has 2 rings (SSSR count). The summed E-state index contributed by atoms with van der Waals surface area (Å²) in [4.78, 5) is 9.12. The first-order chi connectivity index (χ1) is 9.33. The predicted molar refractivity (Wildman–Crippen MR) is 85.9 cm³/mol. The zero-order chi connectivity index (χ0) is 13.6. The molecule has 0 saturated heterocycles. The lowest BCUT2D eigenvalue weighted by Gasteiger charge is -2.42. The van der Waals surface area contributed by atoms with Crippen molar-refractivity contribution >= 4 is 34.8 Å². The van der Waals surface area contributed by atoms with Gasteiger partial charge in [-0.2, -0.15) is 0 Å². The van der Waals surface area contributed by atoms with Crippen molar-refractivity contribution in [2.24, 2.45) is 21.8 Å². The van der Waals surface area contributed by atoms with Gasteiger partial charge in [-0.05, 0) is 50.1 Å². The van der Waals surface area contributed by atoms with Crippen LogP contribution in [0.1, 0.15) is 64.2 Å². The zero-order valence-electron chi connectivity index (χ0n) is 11.4. The van der Waals surface area contributed by atoms with E-state index >= 15 is 0 Å². The molecule has 104 valence electrons. The van der Waals surface area contributed by atoms with Gasteiger partial charge in [-0.25, -0.2) is 9.98 Å². The number of isothiocyanates is 2. The Kier molecular flexibility index (Phi) is 5.84. The van der Waals surface area contributed by atoms with Gasteiger partial charge in [0.1, 0.15) is 0 Å². The maximum Gasteiger partial charge on any atom is 0.175 e. The zero-order valence-corrected chi connectivity index (χ0v) is 13.1. The standard InChI is InChI=1S/C15H22N2S2/c18-11-16-15(17-12-19,13-7-3-1-4-8-13)14-9-5-2-6-10-14/h13-14H,1-10H2. The first kappa shape index (κ1) is 15.0. The van der Waals surface area contributed by atoms with E-state index in [2.05, 4.69) is 20.3 Å². The highest BCUT2D eigenvalue weighted by molar-refractivity contribution is 7.78. The van der Waals surface area contributed by atoms with E-state index in [0.717, 1.165) is 0 Å². The Morgan fingerprint density at radius 1 is 0.684 bits per heavy atom. The van der Waals surface area contributed by atoms with Gasteiger partial charge in [0.15, 0.2) is 5.66 Å². The van der Waals surface area contributed by atoms with Gasteiger partial charge in [-0.1, -0.05) is 38.5 Å². The first-order valence-electron chi connectivity index (χ1n) is 7.51. The molecule has 19 heavy (non-hydrogen) atoms. The summed E-state index contributed by atoms with van der Waals surface area (Å²) in [5.41, 5.74) is -0.440. The number of aliphatic imine (C=N–C) groups is 2. The Hall–Kier alpha value is -0.400. The van der Waals surface area contributed by atoms with Crippen molar-refractivity contribution in [3.05, 3.63) is 0 Å². The van der Waals surface area contributed by atoms with Gasteiger partial charge in [-0.3, -0.25) is 0 Å². The lowest BCUT2D eigenvalue weighted by Crippen LogP contribution is -2.43. The first-order valence-corrected chi connectivity index (χ1v) is 8.33. The number of rotatable bonds is 4. The van der Waals surface area contributed by atoms with Crippen molar-refractivity contribution in [2.75, 3.05) is 0 Å².